The highest BCUT2D eigenvalue weighted by atomic mass is 79.9. The number of halogens is 2. The molecular weight excluding hydrogens is 421 g/mol. The summed E-state index contributed by atoms with van der Waals surface area (Å²) in [6.07, 6.45) is 3.03. The maximum atomic E-state index is 13.0. The van der Waals surface area contributed by atoms with Crippen LogP contribution in [0, 0.1) is 5.82 Å². The van der Waals surface area contributed by atoms with E-state index in [4.69, 9.17) is 5.11 Å². The number of carbonyl (C=O) groups excluding carboxylic acids is 1. The van der Waals surface area contributed by atoms with Crippen LogP contribution in [0.4, 0.5) is 10.2 Å². The predicted molar refractivity (Wildman–Crippen MR) is 98.0 cm³/mol. The Morgan fingerprint density at radius 3 is 2.67 bits per heavy atom. The number of anilines is 1. The highest BCUT2D eigenvalue weighted by Crippen LogP contribution is 2.22. The second kappa shape index (κ2) is 7.70. The van der Waals surface area contributed by atoms with Crippen molar-refractivity contribution in [3.63, 3.8) is 0 Å². The lowest BCUT2D eigenvalue weighted by Crippen LogP contribution is -2.24. The second-order valence-electron chi connectivity index (χ2n) is 5.78. The molecule has 0 spiro atoms. The zero-order chi connectivity index (χ0) is 19.6. The van der Waals surface area contributed by atoms with Crippen LogP contribution < -0.4 is 5.32 Å². The molecule has 2 heterocycles. The highest BCUT2D eigenvalue weighted by Gasteiger charge is 2.22. The Bertz CT molecular complexity index is 983. The van der Waals surface area contributed by atoms with Gasteiger partial charge in [-0.05, 0) is 46.6 Å². The van der Waals surface area contributed by atoms with Gasteiger partial charge in [-0.2, -0.15) is 10.2 Å². The van der Waals surface area contributed by atoms with Gasteiger partial charge in [0.1, 0.15) is 17.6 Å². The third kappa shape index (κ3) is 4.22. The maximum Gasteiger partial charge on any atom is 0.328 e. The van der Waals surface area contributed by atoms with Crippen LogP contribution in [-0.2, 0) is 11.3 Å². The molecule has 1 aromatic carbocycles. The van der Waals surface area contributed by atoms with Gasteiger partial charge in [0.2, 0.25) is 0 Å². The molecule has 0 aliphatic rings. The van der Waals surface area contributed by atoms with Crippen molar-refractivity contribution in [2.45, 2.75) is 19.5 Å². The largest absolute Gasteiger partial charge is 0.480 e. The first-order chi connectivity index (χ1) is 12.8. The van der Waals surface area contributed by atoms with Crippen molar-refractivity contribution in [3.05, 3.63) is 64.3 Å². The molecule has 0 bridgehead atoms. The molecule has 3 rings (SSSR count). The van der Waals surface area contributed by atoms with Crippen molar-refractivity contribution in [1.82, 2.24) is 19.6 Å². The summed E-state index contributed by atoms with van der Waals surface area (Å²) < 4.78 is 16.3. The molecule has 0 aliphatic heterocycles. The summed E-state index contributed by atoms with van der Waals surface area (Å²) in [5.41, 5.74) is 0.947. The first-order valence-corrected chi connectivity index (χ1v) is 8.69. The van der Waals surface area contributed by atoms with E-state index in [9.17, 15) is 14.0 Å². The number of hydrogen-bond donors (Lipinski definition) is 2. The summed E-state index contributed by atoms with van der Waals surface area (Å²) in [6, 6.07) is 6.46. The molecular formula is C17H15BrFN5O3. The normalized spacial score (nSPS) is 12.0. The third-order valence-corrected chi connectivity index (χ3v) is 4.41. The van der Waals surface area contributed by atoms with Crippen molar-refractivity contribution in [1.29, 1.82) is 0 Å². The van der Waals surface area contributed by atoms with Gasteiger partial charge in [0, 0.05) is 12.4 Å². The van der Waals surface area contributed by atoms with Gasteiger partial charge in [0.05, 0.1) is 11.0 Å². The quantitative estimate of drug-likeness (QED) is 0.619. The second-order valence-corrected chi connectivity index (χ2v) is 6.63. The van der Waals surface area contributed by atoms with E-state index in [-0.39, 0.29) is 17.3 Å². The standard InChI is InChI=1S/C17H15BrFN5O3/c1-10(17(26)27)24-14(6-7-20-24)16(25)21-15-13(18)9-23(22-15)8-11-2-4-12(19)5-3-11/h2-7,9-10H,8H2,1H3,(H,26,27)(H,21,22,25). The van der Waals surface area contributed by atoms with Crippen LogP contribution in [0.1, 0.15) is 29.0 Å². The Morgan fingerprint density at radius 2 is 2.00 bits per heavy atom. The number of nitrogens with one attached hydrogen (secondary N) is 1. The summed E-state index contributed by atoms with van der Waals surface area (Å²) in [7, 11) is 0. The molecule has 3 aromatic rings. The third-order valence-electron chi connectivity index (χ3n) is 3.83. The molecule has 0 saturated carbocycles. The molecule has 10 heteroatoms. The van der Waals surface area contributed by atoms with E-state index in [0.29, 0.717) is 11.0 Å². The SMILES string of the molecule is CC(C(=O)O)n1nccc1C(=O)Nc1nn(Cc2ccc(F)cc2)cc1Br. The van der Waals surface area contributed by atoms with E-state index in [1.54, 1.807) is 23.0 Å². The van der Waals surface area contributed by atoms with Gasteiger partial charge in [-0.1, -0.05) is 12.1 Å². The fraction of sp³-hybridized carbons (Fsp3) is 0.176. The van der Waals surface area contributed by atoms with Crippen molar-refractivity contribution < 1.29 is 19.1 Å². The van der Waals surface area contributed by atoms with Crippen LogP contribution >= 0.6 is 15.9 Å². The molecule has 27 heavy (non-hydrogen) atoms. The summed E-state index contributed by atoms with van der Waals surface area (Å²) in [4.78, 5) is 23.6. The molecule has 1 unspecified atom stereocenters. The number of carboxylic acid groups (broad SMARTS) is 1. The number of benzene rings is 1. The van der Waals surface area contributed by atoms with Crippen molar-refractivity contribution in [3.8, 4) is 0 Å². The average Bonchev–Trinajstić information content (AvgIpc) is 3.23. The van der Waals surface area contributed by atoms with Crippen LogP contribution in [0.2, 0.25) is 0 Å². The topological polar surface area (TPSA) is 102 Å². The van der Waals surface area contributed by atoms with Crippen LogP contribution in [-0.4, -0.2) is 36.5 Å². The zero-order valence-electron chi connectivity index (χ0n) is 14.1. The van der Waals surface area contributed by atoms with Crippen molar-refractivity contribution in [2.75, 3.05) is 5.32 Å². The summed E-state index contributed by atoms with van der Waals surface area (Å²) in [5, 5.41) is 19.9. The average molecular weight is 436 g/mol. The Labute approximate surface area is 161 Å². The Balaban J connectivity index is 1.76. The molecule has 0 radical (unpaired) electrons. The van der Waals surface area contributed by atoms with Crippen LogP contribution in [0.25, 0.3) is 0 Å². The minimum Gasteiger partial charge on any atom is -0.480 e. The van der Waals surface area contributed by atoms with E-state index in [0.717, 1.165) is 10.2 Å². The van der Waals surface area contributed by atoms with E-state index >= 15 is 0 Å². The van der Waals surface area contributed by atoms with Crippen LogP contribution in [0.3, 0.4) is 0 Å². The molecule has 0 aliphatic carbocycles. The number of aliphatic carboxylic acids is 1. The van der Waals surface area contributed by atoms with Gasteiger partial charge in [-0.15, -0.1) is 0 Å². The van der Waals surface area contributed by atoms with E-state index in [1.807, 2.05) is 0 Å². The lowest BCUT2D eigenvalue weighted by atomic mass is 10.2. The lowest BCUT2D eigenvalue weighted by molar-refractivity contribution is -0.140. The summed E-state index contributed by atoms with van der Waals surface area (Å²) >= 11 is 3.33. The number of carboxylic acids is 1. The highest BCUT2D eigenvalue weighted by molar-refractivity contribution is 9.10. The lowest BCUT2D eigenvalue weighted by Gasteiger charge is -2.11. The fourth-order valence-corrected chi connectivity index (χ4v) is 2.83. The maximum absolute atomic E-state index is 13.0. The number of amides is 1. The number of rotatable bonds is 6. The van der Waals surface area contributed by atoms with Gasteiger partial charge in [-0.3, -0.25) is 9.48 Å². The smallest absolute Gasteiger partial charge is 0.328 e. The van der Waals surface area contributed by atoms with Crippen molar-refractivity contribution >= 4 is 33.6 Å². The minimum absolute atomic E-state index is 0.102. The summed E-state index contributed by atoms with van der Waals surface area (Å²) in [5.74, 6) is -1.68. The Kier molecular flexibility index (Phi) is 5.36. The molecule has 2 N–H and O–H groups in total. The zero-order valence-corrected chi connectivity index (χ0v) is 15.7. The Hall–Kier alpha value is -3.01. The molecule has 140 valence electrons. The number of carbonyl (C=O) groups is 2. The van der Waals surface area contributed by atoms with Crippen LogP contribution in [0.15, 0.2) is 47.2 Å². The molecule has 2 aromatic heterocycles. The predicted octanol–water partition coefficient (Wildman–Crippen LogP) is 2.93. The van der Waals surface area contributed by atoms with Gasteiger partial charge in [0.15, 0.2) is 5.82 Å². The summed E-state index contributed by atoms with van der Waals surface area (Å²) in [6.45, 7) is 1.82. The van der Waals surface area contributed by atoms with Gasteiger partial charge >= 0.3 is 5.97 Å². The van der Waals surface area contributed by atoms with Crippen LogP contribution in [0.5, 0.6) is 0 Å². The van der Waals surface area contributed by atoms with E-state index < -0.39 is 17.9 Å². The molecule has 8 nitrogen and oxygen atoms in total. The van der Waals surface area contributed by atoms with Gasteiger partial charge < -0.3 is 10.4 Å². The van der Waals surface area contributed by atoms with E-state index in [1.165, 1.54) is 31.3 Å². The van der Waals surface area contributed by atoms with Gasteiger partial charge in [0.25, 0.3) is 5.91 Å². The Morgan fingerprint density at radius 1 is 1.30 bits per heavy atom. The first kappa shape index (κ1) is 18.8. The van der Waals surface area contributed by atoms with E-state index in [2.05, 4.69) is 31.4 Å². The number of hydrogen-bond acceptors (Lipinski definition) is 4. The molecule has 0 saturated heterocycles. The number of aromatic nitrogens is 4. The molecule has 1 atom stereocenters. The van der Waals surface area contributed by atoms with Gasteiger partial charge in [-0.25, -0.2) is 13.9 Å². The first-order valence-electron chi connectivity index (χ1n) is 7.90. The molecule has 0 fully saturated rings. The molecule has 1 amide bonds. The van der Waals surface area contributed by atoms with Crippen molar-refractivity contribution in [2.24, 2.45) is 0 Å². The fourth-order valence-electron chi connectivity index (χ4n) is 2.42. The number of nitrogens with zero attached hydrogens (tertiary/aromatic N) is 4. The monoisotopic (exact) mass is 435 g/mol. The minimum atomic E-state index is -1.10.